The maximum absolute atomic E-state index is 6.37. The van der Waals surface area contributed by atoms with Gasteiger partial charge in [0.05, 0.1) is 4.88 Å². The summed E-state index contributed by atoms with van der Waals surface area (Å²) in [6, 6.07) is 16.9. The van der Waals surface area contributed by atoms with Crippen LogP contribution in [0, 0.1) is 0 Å². The van der Waals surface area contributed by atoms with Crippen LogP contribution in [0.25, 0.3) is 23.0 Å². The molecular formula is C21H15NOS. The van der Waals surface area contributed by atoms with Crippen LogP contribution in [-0.4, -0.2) is 7.05 Å². The Kier molecular flexibility index (Phi) is 2.91. The number of hydrogen-bond donors (Lipinski definition) is 0. The predicted octanol–water partition coefficient (Wildman–Crippen LogP) is 3.71. The molecule has 0 saturated heterocycles. The van der Waals surface area contributed by atoms with Crippen LogP contribution < -0.4 is 20.1 Å². The molecule has 0 fully saturated rings. The summed E-state index contributed by atoms with van der Waals surface area (Å²) in [5.41, 5.74) is 3.59. The fraction of sp³-hybridized carbons (Fsp3) is 0.0476. The minimum atomic E-state index is 0.924. The molecule has 24 heavy (non-hydrogen) atoms. The van der Waals surface area contributed by atoms with Gasteiger partial charge < -0.3 is 9.64 Å². The molecule has 3 heteroatoms. The van der Waals surface area contributed by atoms with E-state index in [9.17, 15) is 0 Å². The minimum Gasteiger partial charge on any atom is -0.455 e. The predicted molar refractivity (Wildman–Crippen MR) is 101 cm³/mol. The Morgan fingerprint density at radius 3 is 2.75 bits per heavy atom. The summed E-state index contributed by atoms with van der Waals surface area (Å²) >= 11 is 1.71. The van der Waals surface area contributed by atoms with E-state index in [1.165, 1.54) is 21.7 Å². The third-order valence-electron chi connectivity index (χ3n) is 4.54. The molecule has 0 saturated carbocycles. The summed E-state index contributed by atoms with van der Waals surface area (Å²) in [4.78, 5) is 3.31. The van der Waals surface area contributed by atoms with E-state index in [4.69, 9.17) is 4.74 Å². The third kappa shape index (κ3) is 1.88. The largest absolute Gasteiger partial charge is 0.455 e. The molecule has 2 aliphatic rings. The molecule has 0 radical (unpaired) electrons. The van der Waals surface area contributed by atoms with Gasteiger partial charge in [-0.2, -0.15) is 0 Å². The van der Waals surface area contributed by atoms with Crippen LogP contribution in [0.2, 0.25) is 0 Å². The lowest BCUT2D eigenvalue weighted by Gasteiger charge is -2.24. The number of para-hydroxylation sites is 1. The first-order chi connectivity index (χ1) is 11.8. The molecule has 2 aliphatic heterocycles. The van der Waals surface area contributed by atoms with E-state index in [1.54, 1.807) is 11.3 Å². The fourth-order valence-corrected chi connectivity index (χ4v) is 4.13. The minimum absolute atomic E-state index is 0.924. The summed E-state index contributed by atoms with van der Waals surface area (Å²) in [5.74, 6) is 1.88. The molecule has 1 aromatic heterocycles. The molecule has 2 aromatic carbocycles. The lowest BCUT2D eigenvalue weighted by molar-refractivity contribution is 0.510. The zero-order valence-electron chi connectivity index (χ0n) is 13.2. The quantitative estimate of drug-likeness (QED) is 0.675. The molecule has 0 unspecified atom stereocenters. The first-order valence-electron chi connectivity index (χ1n) is 7.93. The van der Waals surface area contributed by atoms with Crippen molar-refractivity contribution < 1.29 is 4.74 Å². The Balaban J connectivity index is 1.98. The van der Waals surface area contributed by atoms with E-state index in [0.717, 1.165) is 21.9 Å². The van der Waals surface area contributed by atoms with E-state index >= 15 is 0 Å². The van der Waals surface area contributed by atoms with Gasteiger partial charge in [0.25, 0.3) is 0 Å². The number of nitrogens with zero attached hydrogens (tertiary/aromatic N) is 1. The number of hydrogen-bond acceptors (Lipinski definition) is 3. The Hall–Kier alpha value is -2.78. The van der Waals surface area contributed by atoms with Gasteiger partial charge in [0.1, 0.15) is 5.75 Å². The molecule has 0 N–H and O–H groups in total. The lowest BCUT2D eigenvalue weighted by Crippen LogP contribution is -2.37. The number of anilines is 1. The van der Waals surface area contributed by atoms with Crippen LogP contribution in [0.4, 0.5) is 5.69 Å². The van der Waals surface area contributed by atoms with Crippen molar-refractivity contribution in [3.05, 3.63) is 81.5 Å². The average Bonchev–Trinajstić information content (AvgIpc) is 3.15. The van der Waals surface area contributed by atoms with Crippen molar-refractivity contribution in [3.63, 3.8) is 0 Å². The van der Waals surface area contributed by atoms with E-state index in [1.807, 2.05) is 12.1 Å². The van der Waals surface area contributed by atoms with Crippen LogP contribution >= 0.6 is 11.3 Å². The number of allylic oxidation sites excluding steroid dienone is 1. The van der Waals surface area contributed by atoms with Crippen LogP contribution in [0.1, 0.15) is 4.88 Å². The summed E-state index contributed by atoms with van der Waals surface area (Å²) < 4.78 is 6.37. The SMILES string of the molecule is CN1C=CC=c2c1ccc1c2=C(c2cccs2)Oc2ccccc2-1. The van der Waals surface area contributed by atoms with Crippen molar-refractivity contribution in [2.45, 2.75) is 0 Å². The fourth-order valence-electron chi connectivity index (χ4n) is 3.42. The Morgan fingerprint density at radius 2 is 1.88 bits per heavy atom. The number of fused-ring (bicyclic) bond motifs is 5. The van der Waals surface area contributed by atoms with Crippen LogP contribution in [-0.2, 0) is 0 Å². The van der Waals surface area contributed by atoms with E-state index in [-0.39, 0.29) is 0 Å². The van der Waals surface area contributed by atoms with Gasteiger partial charge in [-0.25, -0.2) is 0 Å². The molecule has 0 amide bonds. The number of ether oxygens (including phenoxy) is 1. The summed E-state index contributed by atoms with van der Waals surface area (Å²) in [6.07, 6.45) is 6.35. The standard InChI is InChI=1S/C21H15NOS/c1-22-12-4-7-16-17(22)11-10-15-14-6-2-3-8-18(14)23-21(20(15)16)19-9-5-13-24-19/h2-13H,1H3. The van der Waals surface area contributed by atoms with Gasteiger partial charge in [-0.1, -0.05) is 36.4 Å². The van der Waals surface area contributed by atoms with Crippen molar-refractivity contribution in [1.29, 1.82) is 0 Å². The maximum Gasteiger partial charge on any atom is 0.153 e. The van der Waals surface area contributed by atoms with Gasteiger partial charge in [-0.15, -0.1) is 11.3 Å². The zero-order valence-corrected chi connectivity index (χ0v) is 14.0. The highest BCUT2D eigenvalue weighted by atomic mass is 32.1. The van der Waals surface area contributed by atoms with Gasteiger partial charge in [-0.3, -0.25) is 0 Å². The molecule has 0 atom stereocenters. The zero-order chi connectivity index (χ0) is 16.1. The van der Waals surface area contributed by atoms with Gasteiger partial charge in [0.15, 0.2) is 5.76 Å². The Morgan fingerprint density at radius 1 is 0.958 bits per heavy atom. The van der Waals surface area contributed by atoms with Crippen molar-refractivity contribution in [2.24, 2.45) is 0 Å². The molecule has 0 aliphatic carbocycles. The van der Waals surface area contributed by atoms with E-state index in [0.29, 0.717) is 0 Å². The van der Waals surface area contributed by atoms with Crippen LogP contribution in [0.3, 0.4) is 0 Å². The smallest absolute Gasteiger partial charge is 0.153 e. The van der Waals surface area contributed by atoms with Crippen LogP contribution in [0.5, 0.6) is 5.75 Å². The highest BCUT2D eigenvalue weighted by Gasteiger charge is 2.22. The maximum atomic E-state index is 6.37. The van der Waals surface area contributed by atoms with Gasteiger partial charge in [0.2, 0.25) is 0 Å². The second-order valence-corrected chi connectivity index (χ2v) is 6.89. The molecule has 0 spiro atoms. The second kappa shape index (κ2) is 5.11. The number of benzene rings is 2. The summed E-state index contributed by atoms with van der Waals surface area (Å²) in [7, 11) is 2.08. The van der Waals surface area contributed by atoms with Gasteiger partial charge in [-0.05, 0) is 35.2 Å². The van der Waals surface area contributed by atoms with Crippen molar-refractivity contribution in [1.82, 2.24) is 0 Å². The van der Waals surface area contributed by atoms with Crippen LogP contribution in [0.15, 0.2) is 66.2 Å². The normalized spacial score (nSPS) is 14.4. The van der Waals surface area contributed by atoms with Gasteiger partial charge >= 0.3 is 0 Å². The van der Waals surface area contributed by atoms with Crippen molar-refractivity contribution in [3.8, 4) is 16.9 Å². The summed E-state index contributed by atoms with van der Waals surface area (Å²) in [6.45, 7) is 0. The topological polar surface area (TPSA) is 12.5 Å². The van der Waals surface area contributed by atoms with E-state index in [2.05, 4.69) is 72.1 Å². The third-order valence-corrected chi connectivity index (χ3v) is 5.40. The molecule has 3 aromatic rings. The van der Waals surface area contributed by atoms with Crippen molar-refractivity contribution >= 4 is 28.9 Å². The second-order valence-electron chi connectivity index (χ2n) is 5.94. The Bertz CT molecular complexity index is 1090. The average molecular weight is 329 g/mol. The summed E-state index contributed by atoms with van der Waals surface area (Å²) in [5, 5.41) is 4.50. The Labute approximate surface area is 144 Å². The molecule has 116 valence electrons. The first kappa shape index (κ1) is 13.6. The van der Waals surface area contributed by atoms with Gasteiger partial charge in [0, 0.05) is 34.9 Å². The lowest BCUT2D eigenvalue weighted by atomic mass is 9.96. The van der Waals surface area contributed by atoms with E-state index < -0.39 is 0 Å². The number of rotatable bonds is 1. The molecule has 3 heterocycles. The van der Waals surface area contributed by atoms with Crippen molar-refractivity contribution in [2.75, 3.05) is 11.9 Å². The molecular weight excluding hydrogens is 314 g/mol. The monoisotopic (exact) mass is 329 g/mol. The highest BCUT2D eigenvalue weighted by Crippen LogP contribution is 2.35. The molecule has 2 nitrogen and oxygen atoms in total. The molecule has 5 rings (SSSR count). The molecule has 0 bridgehead atoms. The number of thiophene rings is 1. The highest BCUT2D eigenvalue weighted by molar-refractivity contribution is 7.11. The first-order valence-corrected chi connectivity index (χ1v) is 8.81.